The van der Waals surface area contributed by atoms with Gasteiger partial charge in [-0.2, -0.15) is 0 Å². The van der Waals surface area contributed by atoms with Crippen molar-refractivity contribution in [3.8, 4) is 11.5 Å². The van der Waals surface area contributed by atoms with Crippen LogP contribution in [0.5, 0.6) is 11.5 Å². The van der Waals surface area contributed by atoms with Crippen molar-refractivity contribution >= 4 is 17.5 Å². The van der Waals surface area contributed by atoms with Gasteiger partial charge in [0.15, 0.2) is 0 Å². The summed E-state index contributed by atoms with van der Waals surface area (Å²) in [7, 11) is 0. The Morgan fingerprint density at radius 3 is 2.32 bits per heavy atom. The number of piperazine rings is 1. The van der Waals surface area contributed by atoms with Crippen LogP contribution in [0.3, 0.4) is 0 Å². The van der Waals surface area contributed by atoms with Gasteiger partial charge in [-0.05, 0) is 43.3 Å². The molecule has 1 aliphatic heterocycles. The third-order valence-electron chi connectivity index (χ3n) is 3.57. The molecular weight excluding hydrogens is 280 g/mol. The molecule has 1 saturated heterocycles. The van der Waals surface area contributed by atoms with Crippen LogP contribution in [-0.2, 0) is 9.59 Å². The van der Waals surface area contributed by atoms with E-state index in [1.54, 1.807) is 11.8 Å². The monoisotopic (exact) mass is 296 g/mol. The maximum absolute atomic E-state index is 11.7. The Kier molecular flexibility index (Phi) is 3.78. The fraction of sp³-hybridized carbons (Fsp3) is 0.176. The number of nitrogens with one attached hydrogen (secondary N) is 1. The zero-order valence-corrected chi connectivity index (χ0v) is 12.2. The van der Waals surface area contributed by atoms with E-state index in [9.17, 15) is 9.59 Å². The van der Waals surface area contributed by atoms with E-state index < -0.39 is 0 Å². The largest absolute Gasteiger partial charge is 0.457 e. The van der Waals surface area contributed by atoms with Crippen LogP contribution in [0.4, 0.5) is 5.69 Å². The molecule has 5 heteroatoms. The molecule has 0 spiro atoms. The number of imide groups is 1. The molecule has 3 rings (SSSR count). The second-order valence-corrected chi connectivity index (χ2v) is 5.13. The van der Waals surface area contributed by atoms with E-state index in [1.165, 1.54) is 0 Å². The summed E-state index contributed by atoms with van der Waals surface area (Å²) in [6.07, 6.45) is 0. The van der Waals surface area contributed by atoms with E-state index in [0.29, 0.717) is 5.75 Å². The Morgan fingerprint density at radius 2 is 1.64 bits per heavy atom. The molecule has 0 bridgehead atoms. The molecule has 2 amide bonds. The second-order valence-electron chi connectivity index (χ2n) is 5.13. The minimum Gasteiger partial charge on any atom is -0.457 e. The number of benzene rings is 2. The summed E-state index contributed by atoms with van der Waals surface area (Å²) in [5.41, 5.74) is 0.816. The van der Waals surface area contributed by atoms with Gasteiger partial charge in [-0.3, -0.25) is 14.9 Å². The molecule has 2 aromatic carbocycles. The molecule has 1 atom stereocenters. The number of amides is 2. The molecule has 0 aliphatic carbocycles. The number of rotatable bonds is 3. The van der Waals surface area contributed by atoms with Gasteiger partial charge in [0.1, 0.15) is 17.5 Å². The van der Waals surface area contributed by atoms with Crippen molar-refractivity contribution in [2.45, 2.75) is 13.0 Å². The van der Waals surface area contributed by atoms with Gasteiger partial charge >= 0.3 is 0 Å². The van der Waals surface area contributed by atoms with Crippen LogP contribution in [0.15, 0.2) is 54.6 Å². The standard InChI is InChI=1S/C17H16N2O3/c1-12-17(21)18-16(20)11-19(12)13-7-9-15(10-8-13)22-14-5-3-2-4-6-14/h2-10,12H,11H2,1H3,(H,18,20,21). The van der Waals surface area contributed by atoms with E-state index in [4.69, 9.17) is 4.74 Å². The lowest BCUT2D eigenvalue weighted by Crippen LogP contribution is -2.57. The molecule has 1 unspecified atom stereocenters. The summed E-state index contributed by atoms with van der Waals surface area (Å²) >= 11 is 0. The third kappa shape index (κ3) is 2.93. The quantitative estimate of drug-likeness (QED) is 0.883. The smallest absolute Gasteiger partial charge is 0.249 e. The number of ether oxygens (including phenoxy) is 1. The molecule has 112 valence electrons. The van der Waals surface area contributed by atoms with Gasteiger partial charge in [-0.15, -0.1) is 0 Å². The Labute approximate surface area is 128 Å². The highest BCUT2D eigenvalue weighted by Gasteiger charge is 2.30. The van der Waals surface area contributed by atoms with Crippen molar-refractivity contribution in [3.63, 3.8) is 0 Å². The second kappa shape index (κ2) is 5.89. The Bertz CT molecular complexity index is 683. The summed E-state index contributed by atoms with van der Waals surface area (Å²) in [5.74, 6) is 0.903. The number of nitrogens with zero attached hydrogens (tertiary/aromatic N) is 1. The number of para-hydroxylation sites is 1. The minimum absolute atomic E-state index is 0.172. The molecule has 2 aromatic rings. The summed E-state index contributed by atoms with van der Waals surface area (Å²) < 4.78 is 5.73. The predicted molar refractivity (Wildman–Crippen MR) is 82.9 cm³/mol. The number of hydrogen-bond acceptors (Lipinski definition) is 4. The molecule has 0 saturated carbocycles. The van der Waals surface area contributed by atoms with Gasteiger partial charge in [0.2, 0.25) is 11.8 Å². The highest BCUT2D eigenvalue weighted by Crippen LogP contribution is 2.25. The molecule has 0 radical (unpaired) electrons. The highest BCUT2D eigenvalue weighted by atomic mass is 16.5. The lowest BCUT2D eigenvalue weighted by molar-refractivity contribution is -0.132. The van der Waals surface area contributed by atoms with E-state index in [1.807, 2.05) is 54.6 Å². The lowest BCUT2D eigenvalue weighted by Gasteiger charge is -2.33. The Hall–Kier alpha value is -2.82. The van der Waals surface area contributed by atoms with Gasteiger partial charge in [-0.25, -0.2) is 0 Å². The normalized spacial score (nSPS) is 18.0. The molecule has 1 fully saturated rings. The third-order valence-corrected chi connectivity index (χ3v) is 3.57. The summed E-state index contributed by atoms with van der Waals surface area (Å²) in [6, 6.07) is 16.5. The molecule has 1 heterocycles. The highest BCUT2D eigenvalue weighted by molar-refractivity contribution is 6.04. The van der Waals surface area contributed by atoms with E-state index in [2.05, 4.69) is 5.32 Å². The SMILES string of the molecule is CC1C(=O)NC(=O)CN1c1ccc(Oc2ccccc2)cc1. The first kappa shape index (κ1) is 14.1. The van der Waals surface area contributed by atoms with Crippen LogP contribution in [0.1, 0.15) is 6.92 Å². The van der Waals surface area contributed by atoms with Crippen LogP contribution in [0.2, 0.25) is 0 Å². The molecule has 22 heavy (non-hydrogen) atoms. The number of hydrogen-bond donors (Lipinski definition) is 1. The van der Waals surface area contributed by atoms with Crippen LogP contribution in [0.25, 0.3) is 0 Å². The summed E-state index contributed by atoms with van der Waals surface area (Å²) in [6.45, 7) is 1.95. The van der Waals surface area contributed by atoms with Gasteiger partial charge in [0.25, 0.3) is 0 Å². The van der Waals surface area contributed by atoms with Crippen molar-refractivity contribution < 1.29 is 14.3 Å². The van der Waals surface area contributed by atoms with Crippen molar-refractivity contribution in [1.82, 2.24) is 5.32 Å². The van der Waals surface area contributed by atoms with Crippen molar-refractivity contribution in [1.29, 1.82) is 0 Å². The van der Waals surface area contributed by atoms with Crippen LogP contribution in [-0.4, -0.2) is 24.4 Å². The number of carbonyl (C=O) groups is 2. The van der Waals surface area contributed by atoms with Gasteiger partial charge in [0, 0.05) is 5.69 Å². The summed E-state index contributed by atoms with van der Waals surface area (Å²) in [4.78, 5) is 25.0. The maximum atomic E-state index is 11.7. The van der Waals surface area contributed by atoms with E-state index >= 15 is 0 Å². The zero-order valence-electron chi connectivity index (χ0n) is 12.2. The predicted octanol–water partition coefficient (Wildman–Crippen LogP) is 2.33. The molecule has 5 nitrogen and oxygen atoms in total. The fourth-order valence-electron chi connectivity index (χ4n) is 2.36. The average molecular weight is 296 g/mol. The molecular formula is C17H16N2O3. The maximum Gasteiger partial charge on any atom is 0.249 e. The van der Waals surface area contributed by atoms with E-state index in [-0.39, 0.29) is 24.4 Å². The van der Waals surface area contributed by atoms with Crippen LogP contribution < -0.4 is 15.0 Å². The van der Waals surface area contributed by atoms with Gasteiger partial charge in [-0.1, -0.05) is 18.2 Å². The Balaban J connectivity index is 1.76. The minimum atomic E-state index is -0.376. The van der Waals surface area contributed by atoms with E-state index in [0.717, 1.165) is 11.4 Å². The first-order valence-corrected chi connectivity index (χ1v) is 7.07. The zero-order chi connectivity index (χ0) is 15.5. The van der Waals surface area contributed by atoms with Crippen molar-refractivity contribution in [3.05, 3.63) is 54.6 Å². The lowest BCUT2D eigenvalue weighted by atomic mass is 10.1. The molecule has 0 aromatic heterocycles. The summed E-state index contributed by atoms with van der Waals surface area (Å²) in [5, 5.41) is 2.33. The Morgan fingerprint density at radius 1 is 1.00 bits per heavy atom. The first-order chi connectivity index (χ1) is 10.6. The van der Waals surface area contributed by atoms with Crippen molar-refractivity contribution in [2.24, 2.45) is 0 Å². The van der Waals surface area contributed by atoms with Gasteiger partial charge in [0.05, 0.1) is 6.54 Å². The first-order valence-electron chi connectivity index (χ1n) is 7.07. The molecule has 1 N–H and O–H groups in total. The molecule has 1 aliphatic rings. The van der Waals surface area contributed by atoms with Crippen LogP contribution >= 0.6 is 0 Å². The van der Waals surface area contributed by atoms with Crippen molar-refractivity contribution in [2.75, 3.05) is 11.4 Å². The number of anilines is 1. The van der Waals surface area contributed by atoms with Gasteiger partial charge < -0.3 is 9.64 Å². The average Bonchev–Trinajstić information content (AvgIpc) is 2.53. The van der Waals surface area contributed by atoms with Crippen LogP contribution in [0, 0.1) is 0 Å². The number of carbonyl (C=O) groups excluding carboxylic acids is 2. The topological polar surface area (TPSA) is 58.6 Å². The fourth-order valence-corrected chi connectivity index (χ4v) is 2.36.